The van der Waals surface area contributed by atoms with Crippen LogP contribution < -0.4 is 0 Å². The lowest BCUT2D eigenvalue weighted by atomic mass is 9.96. The average Bonchev–Trinajstić information content (AvgIpc) is 2.33. The van der Waals surface area contributed by atoms with Crippen molar-refractivity contribution in [3.8, 4) is 0 Å². The molecule has 0 radical (unpaired) electrons. The van der Waals surface area contributed by atoms with Gasteiger partial charge in [0.25, 0.3) is 0 Å². The summed E-state index contributed by atoms with van der Waals surface area (Å²) in [7, 11) is 0. The highest BCUT2D eigenvalue weighted by molar-refractivity contribution is 5.03. The van der Waals surface area contributed by atoms with Gasteiger partial charge in [-0.25, -0.2) is 0 Å². The summed E-state index contributed by atoms with van der Waals surface area (Å²) in [6.07, 6.45) is -0.584. The summed E-state index contributed by atoms with van der Waals surface area (Å²) in [5, 5.41) is 19.2. The lowest BCUT2D eigenvalue weighted by Gasteiger charge is -2.28. The van der Waals surface area contributed by atoms with Crippen LogP contribution in [0.5, 0.6) is 0 Å². The SMILES string of the molecule is CC[C@@H]1O[C@@]2(CO)COCOC1C2O. The van der Waals surface area contributed by atoms with Crippen molar-refractivity contribution in [3.63, 3.8) is 0 Å². The summed E-state index contributed by atoms with van der Waals surface area (Å²) in [5.41, 5.74) is -0.984. The highest BCUT2D eigenvalue weighted by Gasteiger charge is 2.55. The summed E-state index contributed by atoms with van der Waals surface area (Å²) in [6.45, 7) is 2.05. The van der Waals surface area contributed by atoms with Crippen LogP contribution in [-0.4, -0.2) is 54.1 Å². The first kappa shape index (κ1) is 10.3. The molecule has 4 atom stereocenters. The highest BCUT2D eigenvalue weighted by Crippen LogP contribution is 2.36. The monoisotopic (exact) mass is 204 g/mol. The van der Waals surface area contributed by atoms with Crippen LogP contribution in [0.15, 0.2) is 0 Å². The molecule has 0 spiro atoms. The molecule has 82 valence electrons. The molecule has 2 saturated heterocycles. The Hall–Kier alpha value is -0.200. The quantitative estimate of drug-likeness (QED) is 0.620. The predicted molar refractivity (Wildman–Crippen MR) is 46.7 cm³/mol. The topological polar surface area (TPSA) is 68.2 Å². The van der Waals surface area contributed by atoms with Crippen LogP contribution >= 0.6 is 0 Å². The van der Waals surface area contributed by atoms with Gasteiger partial charge in [0, 0.05) is 0 Å². The normalized spacial score (nSPS) is 47.8. The molecule has 5 heteroatoms. The molecule has 2 heterocycles. The molecule has 0 aromatic rings. The van der Waals surface area contributed by atoms with Crippen LogP contribution in [0.25, 0.3) is 0 Å². The van der Waals surface area contributed by atoms with Crippen molar-refractivity contribution >= 4 is 0 Å². The minimum Gasteiger partial charge on any atom is -0.393 e. The van der Waals surface area contributed by atoms with E-state index in [-0.39, 0.29) is 32.2 Å². The van der Waals surface area contributed by atoms with Gasteiger partial charge in [-0.15, -0.1) is 0 Å². The molecular formula is C9H16O5. The maximum atomic E-state index is 9.95. The number of aliphatic hydroxyl groups excluding tert-OH is 2. The molecule has 2 aliphatic heterocycles. The molecular weight excluding hydrogens is 188 g/mol. The number of fused-ring (bicyclic) bond motifs is 2. The van der Waals surface area contributed by atoms with Gasteiger partial charge >= 0.3 is 0 Å². The first-order valence-electron chi connectivity index (χ1n) is 4.89. The smallest absolute Gasteiger partial charge is 0.147 e. The zero-order valence-corrected chi connectivity index (χ0v) is 8.18. The molecule has 14 heavy (non-hydrogen) atoms. The number of aliphatic hydroxyl groups is 2. The Morgan fingerprint density at radius 1 is 1.50 bits per heavy atom. The van der Waals surface area contributed by atoms with Crippen molar-refractivity contribution in [2.75, 3.05) is 20.0 Å². The first-order chi connectivity index (χ1) is 6.73. The van der Waals surface area contributed by atoms with E-state index in [1.807, 2.05) is 6.92 Å². The van der Waals surface area contributed by atoms with Crippen molar-refractivity contribution in [3.05, 3.63) is 0 Å². The molecule has 2 bridgehead atoms. The van der Waals surface area contributed by atoms with Crippen LogP contribution in [0.4, 0.5) is 0 Å². The van der Waals surface area contributed by atoms with Crippen molar-refractivity contribution in [1.29, 1.82) is 0 Å². The molecule has 2 unspecified atom stereocenters. The molecule has 0 aliphatic carbocycles. The summed E-state index contributed by atoms with van der Waals surface area (Å²) in [4.78, 5) is 0. The van der Waals surface area contributed by atoms with Crippen LogP contribution in [0.2, 0.25) is 0 Å². The van der Waals surface area contributed by atoms with Crippen LogP contribution in [0, 0.1) is 0 Å². The molecule has 2 aliphatic rings. The molecule has 0 aromatic heterocycles. The van der Waals surface area contributed by atoms with E-state index in [1.165, 1.54) is 0 Å². The van der Waals surface area contributed by atoms with E-state index in [4.69, 9.17) is 14.2 Å². The van der Waals surface area contributed by atoms with Crippen LogP contribution in [0.3, 0.4) is 0 Å². The largest absolute Gasteiger partial charge is 0.393 e. The van der Waals surface area contributed by atoms with Gasteiger partial charge in [-0.2, -0.15) is 0 Å². The second kappa shape index (κ2) is 3.75. The standard InChI is InChI=1S/C9H16O5/c1-2-6-7-8(11)9(3-10,14-6)4-12-5-13-7/h6-8,10-11H,2-5H2,1H3/t6-,7?,8?,9-/m0/s1. The number of ether oxygens (including phenoxy) is 3. The minimum absolute atomic E-state index is 0.152. The van der Waals surface area contributed by atoms with E-state index in [9.17, 15) is 10.2 Å². The molecule has 2 rings (SSSR count). The van der Waals surface area contributed by atoms with Gasteiger partial charge in [-0.05, 0) is 6.42 Å². The lowest BCUT2D eigenvalue weighted by Crippen LogP contribution is -2.48. The van der Waals surface area contributed by atoms with Gasteiger partial charge in [0.2, 0.25) is 0 Å². The fourth-order valence-electron chi connectivity index (χ4n) is 2.09. The molecule has 2 fully saturated rings. The lowest BCUT2D eigenvalue weighted by molar-refractivity contribution is -0.179. The fourth-order valence-corrected chi connectivity index (χ4v) is 2.09. The Morgan fingerprint density at radius 2 is 2.29 bits per heavy atom. The van der Waals surface area contributed by atoms with E-state index >= 15 is 0 Å². The second-order valence-electron chi connectivity index (χ2n) is 3.83. The third-order valence-electron chi connectivity index (χ3n) is 2.96. The minimum atomic E-state index is -0.984. The van der Waals surface area contributed by atoms with Gasteiger partial charge in [-0.3, -0.25) is 0 Å². The van der Waals surface area contributed by atoms with E-state index in [0.717, 1.165) is 6.42 Å². The third kappa shape index (κ3) is 1.36. The van der Waals surface area contributed by atoms with Gasteiger partial charge in [0.15, 0.2) is 0 Å². The Morgan fingerprint density at radius 3 is 2.93 bits per heavy atom. The summed E-state index contributed by atoms with van der Waals surface area (Å²) < 4.78 is 16.1. The van der Waals surface area contributed by atoms with Crippen molar-refractivity contribution in [1.82, 2.24) is 0 Å². The van der Waals surface area contributed by atoms with Gasteiger partial charge in [0.05, 0.1) is 19.3 Å². The Labute approximate surface area is 82.6 Å². The number of hydrogen-bond acceptors (Lipinski definition) is 5. The average molecular weight is 204 g/mol. The van der Waals surface area contributed by atoms with E-state index in [0.29, 0.717) is 0 Å². The molecule has 5 nitrogen and oxygen atoms in total. The van der Waals surface area contributed by atoms with E-state index in [1.54, 1.807) is 0 Å². The van der Waals surface area contributed by atoms with E-state index in [2.05, 4.69) is 0 Å². The Kier molecular flexibility index (Phi) is 2.77. The third-order valence-corrected chi connectivity index (χ3v) is 2.96. The molecule has 2 N–H and O–H groups in total. The van der Waals surface area contributed by atoms with Gasteiger partial charge < -0.3 is 24.4 Å². The van der Waals surface area contributed by atoms with Crippen molar-refractivity contribution in [2.24, 2.45) is 0 Å². The number of hydrogen-bond donors (Lipinski definition) is 2. The Balaban J connectivity index is 2.23. The van der Waals surface area contributed by atoms with Gasteiger partial charge in [-0.1, -0.05) is 6.92 Å². The van der Waals surface area contributed by atoms with E-state index < -0.39 is 11.7 Å². The zero-order chi connectivity index (χ0) is 10.2. The number of rotatable bonds is 2. The van der Waals surface area contributed by atoms with Crippen molar-refractivity contribution in [2.45, 2.75) is 37.3 Å². The zero-order valence-electron chi connectivity index (χ0n) is 8.18. The predicted octanol–water partition coefficient (Wildman–Crippen LogP) is -0.740. The highest BCUT2D eigenvalue weighted by atomic mass is 16.7. The fraction of sp³-hybridized carbons (Fsp3) is 1.00. The summed E-state index contributed by atoms with van der Waals surface area (Å²) in [5.74, 6) is 0. The first-order valence-corrected chi connectivity index (χ1v) is 4.89. The maximum Gasteiger partial charge on any atom is 0.147 e. The van der Waals surface area contributed by atoms with Crippen LogP contribution in [0.1, 0.15) is 13.3 Å². The summed E-state index contributed by atoms with van der Waals surface area (Å²) in [6, 6.07) is 0. The second-order valence-corrected chi connectivity index (χ2v) is 3.83. The van der Waals surface area contributed by atoms with Gasteiger partial charge in [0.1, 0.15) is 24.6 Å². The molecule has 0 amide bonds. The molecule has 0 aromatic carbocycles. The summed E-state index contributed by atoms with van der Waals surface area (Å²) >= 11 is 0. The van der Waals surface area contributed by atoms with Crippen LogP contribution in [-0.2, 0) is 14.2 Å². The maximum absolute atomic E-state index is 9.95. The molecule has 0 saturated carbocycles. The van der Waals surface area contributed by atoms with Crippen molar-refractivity contribution < 1.29 is 24.4 Å². The Bertz CT molecular complexity index is 209.